The Morgan fingerprint density at radius 1 is 1.27 bits per heavy atom. The molecule has 1 unspecified atom stereocenters. The van der Waals surface area contributed by atoms with E-state index in [9.17, 15) is 0 Å². The van der Waals surface area contributed by atoms with Crippen LogP contribution in [-0.2, 0) is 5.41 Å². The zero-order chi connectivity index (χ0) is 21.3. The number of nitrogens with two attached hydrogens (primary N) is 1. The van der Waals surface area contributed by atoms with Crippen LogP contribution in [0.15, 0.2) is 47.1 Å². The summed E-state index contributed by atoms with van der Waals surface area (Å²) in [6, 6.07) is 12.2. The Balaban J connectivity index is 1.45. The summed E-state index contributed by atoms with van der Waals surface area (Å²) in [5.41, 5.74) is 8.71. The van der Waals surface area contributed by atoms with Gasteiger partial charge in [-0.3, -0.25) is 5.41 Å². The topological polar surface area (TPSA) is 117 Å². The molecule has 1 aliphatic heterocycles. The van der Waals surface area contributed by atoms with Crippen molar-refractivity contribution in [2.45, 2.75) is 38.5 Å². The zero-order valence-electron chi connectivity index (χ0n) is 17.5. The van der Waals surface area contributed by atoms with Crippen LogP contribution in [0, 0.1) is 5.41 Å². The maximum absolute atomic E-state index is 7.55. The normalized spacial score (nSPS) is 16.6. The largest absolute Gasteiger partial charge is 0.370 e. The number of benzene rings is 1. The number of aromatic nitrogens is 3. The molecule has 1 aliphatic rings. The molecule has 1 atom stereocenters. The highest BCUT2D eigenvalue weighted by Crippen LogP contribution is 2.28. The number of nitrogens with zero attached hydrogens (tertiary/aromatic N) is 4. The van der Waals surface area contributed by atoms with Crippen LogP contribution >= 0.6 is 0 Å². The molecule has 0 saturated carbocycles. The third-order valence-electron chi connectivity index (χ3n) is 5.34. The lowest BCUT2D eigenvalue weighted by Gasteiger charge is -2.20. The summed E-state index contributed by atoms with van der Waals surface area (Å²) in [6.07, 6.45) is 2.58. The average molecular weight is 406 g/mol. The predicted octanol–water partition coefficient (Wildman–Crippen LogP) is 3.86. The van der Waals surface area contributed by atoms with Crippen molar-refractivity contribution < 1.29 is 4.52 Å². The molecule has 0 amide bonds. The number of guanidine groups is 1. The highest BCUT2D eigenvalue weighted by atomic mass is 16.5. The average Bonchev–Trinajstić information content (AvgIpc) is 3.38. The summed E-state index contributed by atoms with van der Waals surface area (Å²) in [7, 11) is 0. The highest BCUT2D eigenvalue weighted by molar-refractivity contribution is 5.75. The van der Waals surface area contributed by atoms with Crippen LogP contribution in [0.2, 0.25) is 0 Å². The fourth-order valence-corrected chi connectivity index (χ4v) is 3.51. The smallest absolute Gasteiger partial charge is 0.231 e. The van der Waals surface area contributed by atoms with Gasteiger partial charge in [0.15, 0.2) is 5.96 Å². The van der Waals surface area contributed by atoms with Crippen molar-refractivity contribution in [1.82, 2.24) is 20.0 Å². The molecule has 1 saturated heterocycles. The summed E-state index contributed by atoms with van der Waals surface area (Å²) in [5, 5.41) is 15.0. The number of rotatable bonds is 4. The molecule has 4 rings (SSSR count). The van der Waals surface area contributed by atoms with Crippen LogP contribution in [0.3, 0.4) is 0 Å². The molecule has 3 aromatic rings. The van der Waals surface area contributed by atoms with E-state index in [2.05, 4.69) is 53.3 Å². The SMILES string of the molecule is CC(C)(C)c1cccc(Nc2ccc(-c3noc(C4CCN(C(=N)N)C4)n3)cn2)c1. The lowest BCUT2D eigenvalue weighted by Crippen LogP contribution is -2.34. The quantitative estimate of drug-likeness (QED) is 0.446. The first-order chi connectivity index (χ1) is 14.3. The summed E-state index contributed by atoms with van der Waals surface area (Å²) in [5.74, 6) is 2.02. The van der Waals surface area contributed by atoms with Crippen LogP contribution < -0.4 is 11.1 Å². The molecule has 8 nitrogen and oxygen atoms in total. The first kappa shape index (κ1) is 19.9. The Hall–Kier alpha value is -3.42. The van der Waals surface area contributed by atoms with E-state index in [0.717, 1.165) is 30.0 Å². The first-order valence-electron chi connectivity index (χ1n) is 10.1. The molecule has 156 valence electrons. The number of hydrogen-bond acceptors (Lipinski definition) is 6. The fraction of sp³-hybridized carbons (Fsp3) is 0.364. The van der Waals surface area contributed by atoms with Crippen molar-refractivity contribution in [3.05, 3.63) is 54.0 Å². The van der Waals surface area contributed by atoms with Gasteiger partial charge in [-0.25, -0.2) is 4.98 Å². The molecule has 1 fully saturated rings. The molecule has 2 aromatic heterocycles. The Labute approximate surface area is 176 Å². The Morgan fingerprint density at radius 2 is 2.10 bits per heavy atom. The van der Waals surface area contributed by atoms with Gasteiger partial charge >= 0.3 is 0 Å². The number of anilines is 2. The van der Waals surface area contributed by atoms with Crippen LogP contribution in [0.1, 0.15) is 44.6 Å². The minimum absolute atomic E-state index is 0.0811. The molecule has 3 heterocycles. The van der Waals surface area contributed by atoms with Gasteiger partial charge in [-0.1, -0.05) is 38.1 Å². The van der Waals surface area contributed by atoms with Crippen molar-refractivity contribution in [2.24, 2.45) is 5.73 Å². The van der Waals surface area contributed by atoms with Gasteiger partial charge in [-0.15, -0.1) is 0 Å². The molecule has 0 spiro atoms. The minimum Gasteiger partial charge on any atom is -0.370 e. The molecule has 0 bridgehead atoms. The van der Waals surface area contributed by atoms with Crippen LogP contribution in [-0.4, -0.2) is 39.1 Å². The van der Waals surface area contributed by atoms with E-state index >= 15 is 0 Å². The van der Waals surface area contributed by atoms with Gasteiger partial charge in [0.05, 0.1) is 5.92 Å². The van der Waals surface area contributed by atoms with Crippen molar-refractivity contribution in [2.75, 3.05) is 18.4 Å². The van der Waals surface area contributed by atoms with E-state index < -0.39 is 0 Å². The van der Waals surface area contributed by atoms with E-state index in [1.807, 2.05) is 29.2 Å². The van der Waals surface area contributed by atoms with Crippen LogP contribution in [0.25, 0.3) is 11.4 Å². The van der Waals surface area contributed by atoms with E-state index in [4.69, 9.17) is 15.7 Å². The second-order valence-corrected chi connectivity index (χ2v) is 8.66. The van der Waals surface area contributed by atoms with E-state index in [1.54, 1.807) is 6.20 Å². The molecule has 0 radical (unpaired) electrons. The third kappa shape index (κ3) is 4.27. The zero-order valence-corrected chi connectivity index (χ0v) is 17.5. The number of pyridine rings is 1. The van der Waals surface area contributed by atoms with Gasteiger partial charge in [0, 0.05) is 30.5 Å². The Bertz CT molecular complexity index is 1040. The second kappa shape index (κ2) is 7.78. The Kier molecular flexibility index (Phi) is 5.15. The first-order valence-corrected chi connectivity index (χ1v) is 10.1. The van der Waals surface area contributed by atoms with Crippen LogP contribution in [0.4, 0.5) is 11.5 Å². The summed E-state index contributed by atoms with van der Waals surface area (Å²) >= 11 is 0. The van der Waals surface area contributed by atoms with Crippen molar-refractivity contribution in [3.63, 3.8) is 0 Å². The molecular weight excluding hydrogens is 378 g/mol. The fourth-order valence-electron chi connectivity index (χ4n) is 3.51. The number of nitrogens with one attached hydrogen (secondary N) is 2. The third-order valence-corrected chi connectivity index (χ3v) is 5.34. The predicted molar refractivity (Wildman–Crippen MR) is 117 cm³/mol. The van der Waals surface area contributed by atoms with E-state index in [-0.39, 0.29) is 17.3 Å². The van der Waals surface area contributed by atoms with Gasteiger partial charge in [-0.2, -0.15) is 4.98 Å². The number of likely N-dealkylation sites (tertiary alicyclic amines) is 1. The standard InChI is InChI=1S/C22H27N7O/c1-22(2,3)16-5-4-6-17(11-16)26-18-8-7-14(12-25-18)19-27-20(30-28-19)15-9-10-29(13-15)21(23)24/h4-8,11-12,15H,9-10,13H2,1-3H3,(H3,23,24)(H,25,26). The van der Waals surface area contributed by atoms with Crippen LogP contribution in [0.5, 0.6) is 0 Å². The van der Waals surface area contributed by atoms with Gasteiger partial charge in [0.2, 0.25) is 11.7 Å². The van der Waals surface area contributed by atoms with Gasteiger partial charge in [0.1, 0.15) is 5.82 Å². The van der Waals surface area contributed by atoms with Crippen molar-refractivity contribution in [3.8, 4) is 11.4 Å². The van der Waals surface area contributed by atoms with E-state index in [1.165, 1.54) is 5.56 Å². The highest BCUT2D eigenvalue weighted by Gasteiger charge is 2.29. The number of hydrogen-bond donors (Lipinski definition) is 3. The van der Waals surface area contributed by atoms with E-state index in [0.29, 0.717) is 18.3 Å². The van der Waals surface area contributed by atoms with Gasteiger partial charge < -0.3 is 20.5 Å². The molecular formula is C22H27N7O. The minimum atomic E-state index is 0.0811. The van der Waals surface area contributed by atoms with Crippen molar-refractivity contribution in [1.29, 1.82) is 5.41 Å². The molecule has 8 heteroatoms. The molecule has 1 aromatic carbocycles. The molecule has 30 heavy (non-hydrogen) atoms. The summed E-state index contributed by atoms with van der Waals surface area (Å²) in [6.45, 7) is 7.95. The maximum Gasteiger partial charge on any atom is 0.231 e. The maximum atomic E-state index is 7.55. The summed E-state index contributed by atoms with van der Waals surface area (Å²) < 4.78 is 5.46. The summed E-state index contributed by atoms with van der Waals surface area (Å²) in [4.78, 5) is 10.8. The Morgan fingerprint density at radius 3 is 2.77 bits per heavy atom. The molecule has 4 N–H and O–H groups in total. The van der Waals surface area contributed by atoms with Crippen molar-refractivity contribution >= 4 is 17.5 Å². The lowest BCUT2D eigenvalue weighted by molar-refractivity contribution is 0.354. The van der Waals surface area contributed by atoms with Gasteiger partial charge in [-0.05, 0) is 41.7 Å². The second-order valence-electron chi connectivity index (χ2n) is 8.66. The lowest BCUT2D eigenvalue weighted by atomic mass is 9.87. The molecule has 0 aliphatic carbocycles. The van der Waals surface area contributed by atoms with Gasteiger partial charge in [0.25, 0.3) is 0 Å². The monoisotopic (exact) mass is 405 g/mol.